The predicted molar refractivity (Wildman–Crippen MR) is 96.3 cm³/mol. The molecule has 0 aliphatic carbocycles. The molecule has 132 valence electrons. The lowest BCUT2D eigenvalue weighted by molar-refractivity contribution is 0.401. The number of nitrogens with zero attached hydrogens (tertiary/aromatic N) is 3. The Balaban J connectivity index is 2.31. The molecule has 0 spiro atoms. The zero-order valence-corrected chi connectivity index (χ0v) is 15.3. The molecule has 8 heteroatoms. The zero-order valence-electron chi connectivity index (χ0n) is 14.5. The van der Waals surface area contributed by atoms with Crippen molar-refractivity contribution in [2.24, 2.45) is 0 Å². The van der Waals surface area contributed by atoms with Gasteiger partial charge in [0, 0.05) is 30.2 Å². The van der Waals surface area contributed by atoms with Crippen molar-refractivity contribution < 1.29 is 13.2 Å². The van der Waals surface area contributed by atoms with E-state index in [1.54, 1.807) is 62.1 Å². The van der Waals surface area contributed by atoms with E-state index >= 15 is 0 Å². The van der Waals surface area contributed by atoms with Gasteiger partial charge in [0.15, 0.2) is 9.84 Å². The van der Waals surface area contributed by atoms with Crippen molar-refractivity contribution >= 4 is 21.2 Å². The molecule has 0 atom stereocenters. The van der Waals surface area contributed by atoms with Gasteiger partial charge in [0.2, 0.25) is 0 Å². The summed E-state index contributed by atoms with van der Waals surface area (Å²) < 4.78 is 32.0. The number of rotatable bonds is 3. The number of nitrogens with two attached hydrogens (primary N) is 1. The zero-order chi connectivity index (χ0) is 18.4. The molecule has 3 rings (SSSR count). The van der Waals surface area contributed by atoms with Gasteiger partial charge in [-0.2, -0.15) is 0 Å². The highest BCUT2D eigenvalue weighted by Gasteiger charge is 2.34. The van der Waals surface area contributed by atoms with Crippen molar-refractivity contribution in [3.05, 3.63) is 36.9 Å². The number of nitrogen functional groups attached to an aromatic ring is 1. The van der Waals surface area contributed by atoms with Crippen LogP contribution in [0.5, 0.6) is 5.75 Å². The summed E-state index contributed by atoms with van der Waals surface area (Å²) >= 11 is 0. The van der Waals surface area contributed by atoms with E-state index in [0.29, 0.717) is 17.0 Å². The van der Waals surface area contributed by atoms with E-state index in [2.05, 4.69) is 9.97 Å². The minimum absolute atomic E-state index is 0.117. The lowest BCUT2D eigenvalue weighted by Gasteiger charge is -2.21. The van der Waals surface area contributed by atoms with Crippen LogP contribution in [0.4, 0.5) is 5.69 Å². The molecule has 0 bridgehead atoms. The first kappa shape index (κ1) is 17.2. The number of sulfone groups is 1. The van der Waals surface area contributed by atoms with Crippen LogP contribution in [0, 0.1) is 0 Å². The third kappa shape index (κ3) is 2.82. The van der Waals surface area contributed by atoms with Crippen LogP contribution in [0.15, 0.2) is 41.8 Å². The van der Waals surface area contributed by atoms with Gasteiger partial charge in [-0.25, -0.2) is 13.4 Å². The molecule has 0 radical (unpaired) electrons. The van der Waals surface area contributed by atoms with E-state index in [9.17, 15) is 8.42 Å². The van der Waals surface area contributed by atoms with E-state index < -0.39 is 14.6 Å². The van der Waals surface area contributed by atoms with Gasteiger partial charge >= 0.3 is 0 Å². The summed E-state index contributed by atoms with van der Waals surface area (Å²) in [5, 5.41) is 0. The van der Waals surface area contributed by atoms with Crippen molar-refractivity contribution in [3.8, 4) is 17.0 Å². The number of hydrogen-bond acceptors (Lipinski definition) is 6. The fourth-order valence-corrected chi connectivity index (χ4v) is 3.80. The molecule has 0 amide bonds. The van der Waals surface area contributed by atoms with Gasteiger partial charge in [-0.05, 0) is 26.8 Å². The average Bonchev–Trinajstić information content (AvgIpc) is 2.95. The minimum Gasteiger partial charge on any atom is -0.495 e. The summed E-state index contributed by atoms with van der Waals surface area (Å²) in [6, 6.07) is 3.38. The predicted octanol–water partition coefficient (Wildman–Crippen LogP) is 2.56. The molecule has 2 N–H and O–H groups in total. The molecule has 0 fully saturated rings. The van der Waals surface area contributed by atoms with Crippen molar-refractivity contribution in [3.63, 3.8) is 0 Å². The molecule has 0 saturated carbocycles. The number of ether oxygens (including phenoxy) is 1. The number of fused-ring (bicyclic) bond motifs is 1. The fraction of sp³-hybridized carbons (Fsp3) is 0.294. The molecule has 3 aromatic rings. The summed E-state index contributed by atoms with van der Waals surface area (Å²) in [5.41, 5.74) is 8.34. The lowest BCUT2D eigenvalue weighted by Crippen LogP contribution is -2.28. The first-order chi connectivity index (χ1) is 11.6. The quantitative estimate of drug-likeness (QED) is 0.770. The van der Waals surface area contributed by atoms with Crippen LogP contribution in [0.2, 0.25) is 0 Å². The van der Waals surface area contributed by atoms with Gasteiger partial charge < -0.3 is 10.5 Å². The van der Waals surface area contributed by atoms with Crippen LogP contribution in [0.1, 0.15) is 20.8 Å². The van der Waals surface area contributed by atoms with E-state index in [0.717, 1.165) is 5.56 Å². The topological polar surface area (TPSA) is 99.6 Å². The molecular weight excluding hydrogens is 340 g/mol. The molecule has 3 aromatic heterocycles. The first-order valence-electron chi connectivity index (χ1n) is 7.66. The van der Waals surface area contributed by atoms with E-state index in [1.165, 1.54) is 7.11 Å². The van der Waals surface area contributed by atoms with Crippen LogP contribution in [0.3, 0.4) is 0 Å². The number of aromatic nitrogens is 3. The standard InChI is InChI=1S/C17H20N4O3S/c1-17(2,3)25(22,23)15-10-21-13(11-5-12(18)8-19-7-11)9-20-16(21)6-14(15)24-4/h5-10H,18H2,1-4H3. The Morgan fingerprint density at radius 1 is 1.16 bits per heavy atom. The Labute approximate surface area is 146 Å². The van der Waals surface area contributed by atoms with Crippen molar-refractivity contribution in [1.82, 2.24) is 14.4 Å². The van der Waals surface area contributed by atoms with E-state index in [-0.39, 0.29) is 10.6 Å². The maximum Gasteiger partial charge on any atom is 0.188 e. The van der Waals surface area contributed by atoms with Crippen molar-refractivity contribution in [1.29, 1.82) is 0 Å². The van der Waals surface area contributed by atoms with Crippen molar-refractivity contribution in [2.75, 3.05) is 12.8 Å². The van der Waals surface area contributed by atoms with Crippen LogP contribution in [0.25, 0.3) is 16.9 Å². The molecule has 0 unspecified atom stereocenters. The van der Waals surface area contributed by atoms with E-state index in [1.807, 2.05) is 0 Å². The molecule has 3 heterocycles. The summed E-state index contributed by atoms with van der Waals surface area (Å²) in [5.74, 6) is 0.269. The van der Waals surface area contributed by atoms with Gasteiger partial charge in [-0.15, -0.1) is 0 Å². The number of methoxy groups -OCH3 is 1. The second-order valence-corrected chi connectivity index (χ2v) is 9.37. The third-order valence-corrected chi connectivity index (χ3v) is 6.44. The molecule has 0 saturated heterocycles. The average molecular weight is 360 g/mol. The van der Waals surface area contributed by atoms with Gasteiger partial charge in [-0.3, -0.25) is 9.38 Å². The van der Waals surface area contributed by atoms with Crippen molar-refractivity contribution in [2.45, 2.75) is 30.4 Å². The normalized spacial score (nSPS) is 12.5. The Morgan fingerprint density at radius 2 is 1.88 bits per heavy atom. The Bertz CT molecular complexity index is 1050. The Morgan fingerprint density at radius 3 is 2.48 bits per heavy atom. The monoisotopic (exact) mass is 360 g/mol. The third-order valence-electron chi connectivity index (χ3n) is 3.95. The van der Waals surface area contributed by atoms with Crippen LogP contribution in [-0.2, 0) is 9.84 Å². The highest BCUT2D eigenvalue weighted by atomic mass is 32.2. The van der Waals surface area contributed by atoms with E-state index in [4.69, 9.17) is 10.5 Å². The van der Waals surface area contributed by atoms with Gasteiger partial charge in [0.05, 0.1) is 29.4 Å². The van der Waals surface area contributed by atoms with Gasteiger partial charge in [-0.1, -0.05) is 0 Å². The molecule has 0 aliphatic heterocycles. The highest BCUT2D eigenvalue weighted by molar-refractivity contribution is 7.92. The first-order valence-corrected chi connectivity index (χ1v) is 9.14. The lowest BCUT2D eigenvalue weighted by atomic mass is 10.2. The highest BCUT2D eigenvalue weighted by Crippen LogP contribution is 2.34. The van der Waals surface area contributed by atoms with Gasteiger partial charge in [0.25, 0.3) is 0 Å². The van der Waals surface area contributed by atoms with Crippen LogP contribution < -0.4 is 10.5 Å². The number of imidazole rings is 1. The molecule has 0 aromatic carbocycles. The second kappa shape index (κ2) is 5.73. The number of pyridine rings is 2. The van der Waals surface area contributed by atoms with Crippen LogP contribution >= 0.6 is 0 Å². The summed E-state index contributed by atoms with van der Waals surface area (Å²) in [6.07, 6.45) is 6.40. The Hall–Kier alpha value is -2.61. The number of hydrogen-bond donors (Lipinski definition) is 1. The maximum absolute atomic E-state index is 13.0. The smallest absolute Gasteiger partial charge is 0.188 e. The molecule has 7 nitrogen and oxygen atoms in total. The summed E-state index contributed by atoms with van der Waals surface area (Å²) in [4.78, 5) is 8.54. The fourth-order valence-electron chi connectivity index (χ4n) is 2.49. The molecule has 25 heavy (non-hydrogen) atoms. The molecule has 0 aliphatic rings. The largest absolute Gasteiger partial charge is 0.495 e. The second-order valence-electron chi connectivity index (χ2n) is 6.70. The Kier molecular flexibility index (Phi) is 3.95. The number of anilines is 1. The van der Waals surface area contributed by atoms with Crippen LogP contribution in [-0.4, -0.2) is 34.6 Å². The molecular formula is C17H20N4O3S. The summed E-state index contributed by atoms with van der Waals surface area (Å²) in [7, 11) is -2.17. The summed E-state index contributed by atoms with van der Waals surface area (Å²) in [6.45, 7) is 4.97. The van der Waals surface area contributed by atoms with Gasteiger partial charge in [0.1, 0.15) is 16.3 Å². The SMILES string of the molecule is COc1cc2ncc(-c3cncc(N)c3)n2cc1S(=O)(=O)C(C)(C)C. The minimum atomic E-state index is -3.61. The maximum atomic E-state index is 13.0.